The lowest BCUT2D eigenvalue weighted by atomic mass is 10.2. The van der Waals surface area contributed by atoms with Crippen LogP contribution in [0, 0.1) is 18.3 Å². The minimum absolute atomic E-state index is 0.151. The van der Waals surface area contributed by atoms with Crippen molar-refractivity contribution >= 4 is 31.6 Å². The first-order chi connectivity index (χ1) is 8.30. The van der Waals surface area contributed by atoms with E-state index in [1.807, 2.05) is 6.07 Å². The van der Waals surface area contributed by atoms with E-state index in [-0.39, 0.29) is 17.9 Å². The molecule has 0 saturated carbocycles. The minimum atomic E-state index is -3.61. The number of nitriles is 1. The maximum absolute atomic E-state index is 12.3. The van der Waals surface area contributed by atoms with E-state index in [9.17, 15) is 8.42 Å². The smallest absolute Gasteiger partial charge is 0.243 e. The molecule has 1 aromatic rings. The number of hydrogen-bond donors (Lipinski definition) is 1. The van der Waals surface area contributed by atoms with E-state index in [1.165, 1.54) is 13.1 Å². The SMILES string of the molecule is Cc1c(N)cc(Br)cc1S(=O)(=O)N(C)CCC#N. The zero-order valence-corrected chi connectivity index (χ0v) is 12.5. The number of anilines is 1. The molecule has 0 aliphatic carbocycles. The fourth-order valence-corrected chi connectivity index (χ4v) is 3.51. The average Bonchev–Trinajstić information content (AvgIpc) is 2.30. The maximum atomic E-state index is 12.3. The Morgan fingerprint density at radius 2 is 2.11 bits per heavy atom. The first-order valence-electron chi connectivity index (χ1n) is 5.19. The molecule has 0 unspecified atom stereocenters. The van der Waals surface area contributed by atoms with E-state index in [2.05, 4.69) is 15.9 Å². The molecule has 0 fully saturated rings. The summed E-state index contributed by atoms with van der Waals surface area (Å²) in [6.07, 6.45) is 0.151. The van der Waals surface area contributed by atoms with Crippen LogP contribution in [-0.2, 0) is 10.0 Å². The molecular weight excluding hydrogens is 318 g/mol. The fourth-order valence-electron chi connectivity index (χ4n) is 1.44. The van der Waals surface area contributed by atoms with Crippen molar-refractivity contribution in [2.24, 2.45) is 0 Å². The van der Waals surface area contributed by atoms with Gasteiger partial charge in [0, 0.05) is 30.2 Å². The molecule has 7 heteroatoms. The molecule has 0 amide bonds. The van der Waals surface area contributed by atoms with Gasteiger partial charge in [0.1, 0.15) is 0 Å². The molecule has 0 aliphatic heterocycles. The number of sulfonamides is 1. The molecule has 0 aromatic heterocycles. The number of benzene rings is 1. The van der Waals surface area contributed by atoms with Crippen LogP contribution >= 0.6 is 15.9 Å². The highest BCUT2D eigenvalue weighted by Crippen LogP contribution is 2.28. The Morgan fingerprint density at radius 1 is 1.50 bits per heavy atom. The van der Waals surface area contributed by atoms with Crippen LogP contribution in [0.3, 0.4) is 0 Å². The number of hydrogen-bond acceptors (Lipinski definition) is 4. The molecule has 0 bridgehead atoms. The van der Waals surface area contributed by atoms with Gasteiger partial charge in [-0.3, -0.25) is 0 Å². The molecule has 1 rings (SSSR count). The van der Waals surface area contributed by atoms with Gasteiger partial charge in [0.25, 0.3) is 0 Å². The summed E-state index contributed by atoms with van der Waals surface area (Å²) in [5.74, 6) is 0. The largest absolute Gasteiger partial charge is 0.398 e. The highest BCUT2D eigenvalue weighted by atomic mass is 79.9. The van der Waals surface area contributed by atoms with Crippen LogP contribution < -0.4 is 5.73 Å². The van der Waals surface area contributed by atoms with Crippen molar-refractivity contribution in [1.29, 1.82) is 5.26 Å². The molecule has 0 heterocycles. The summed E-state index contributed by atoms with van der Waals surface area (Å²) in [6, 6.07) is 5.09. The molecule has 0 aliphatic rings. The van der Waals surface area contributed by atoms with Crippen LogP contribution in [0.2, 0.25) is 0 Å². The monoisotopic (exact) mass is 331 g/mol. The average molecular weight is 332 g/mol. The van der Waals surface area contributed by atoms with Crippen LogP contribution in [0.5, 0.6) is 0 Å². The van der Waals surface area contributed by atoms with Gasteiger partial charge in [-0.25, -0.2) is 8.42 Å². The second-order valence-electron chi connectivity index (χ2n) is 3.85. The zero-order chi connectivity index (χ0) is 13.9. The molecule has 2 N–H and O–H groups in total. The molecule has 18 heavy (non-hydrogen) atoms. The molecule has 0 saturated heterocycles. The summed E-state index contributed by atoms with van der Waals surface area (Å²) in [5.41, 5.74) is 6.68. The van der Waals surface area contributed by atoms with Gasteiger partial charge < -0.3 is 5.73 Å². The third-order valence-electron chi connectivity index (χ3n) is 2.59. The van der Waals surface area contributed by atoms with Crippen molar-refractivity contribution in [2.75, 3.05) is 19.3 Å². The Kier molecular flexibility index (Phi) is 4.73. The highest BCUT2D eigenvalue weighted by molar-refractivity contribution is 9.10. The third-order valence-corrected chi connectivity index (χ3v) is 5.03. The molecular formula is C11H14BrN3O2S. The standard InChI is InChI=1S/C11H14BrN3O2S/c1-8-10(14)6-9(12)7-11(8)18(16,17)15(2)5-3-4-13/h6-7H,3,5,14H2,1-2H3. The number of halogens is 1. The summed E-state index contributed by atoms with van der Waals surface area (Å²) in [4.78, 5) is 0.162. The van der Waals surface area contributed by atoms with Crippen molar-refractivity contribution < 1.29 is 8.42 Å². The maximum Gasteiger partial charge on any atom is 0.243 e. The Balaban J connectivity index is 3.25. The van der Waals surface area contributed by atoms with Crippen LogP contribution in [0.15, 0.2) is 21.5 Å². The Hall–Kier alpha value is -1.10. The molecule has 0 radical (unpaired) electrons. The van der Waals surface area contributed by atoms with Gasteiger partial charge in [-0.1, -0.05) is 15.9 Å². The molecule has 0 atom stereocenters. The second-order valence-corrected chi connectivity index (χ2v) is 6.78. The molecule has 98 valence electrons. The Morgan fingerprint density at radius 3 is 2.67 bits per heavy atom. The lowest BCUT2D eigenvalue weighted by Gasteiger charge is -2.18. The van der Waals surface area contributed by atoms with E-state index >= 15 is 0 Å². The van der Waals surface area contributed by atoms with Gasteiger partial charge in [-0.15, -0.1) is 0 Å². The quantitative estimate of drug-likeness (QED) is 0.853. The van der Waals surface area contributed by atoms with E-state index < -0.39 is 10.0 Å². The summed E-state index contributed by atoms with van der Waals surface area (Å²) in [6.45, 7) is 1.82. The van der Waals surface area contributed by atoms with Crippen molar-refractivity contribution in [1.82, 2.24) is 4.31 Å². The van der Waals surface area contributed by atoms with E-state index in [4.69, 9.17) is 11.0 Å². The first-order valence-corrected chi connectivity index (χ1v) is 7.43. The predicted molar refractivity (Wildman–Crippen MR) is 73.3 cm³/mol. The predicted octanol–water partition coefficient (Wildman–Crippen LogP) is 1.87. The normalized spacial score (nSPS) is 11.5. The summed E-state index contributed by atoms with van der Waals surface area (Å²) >= 11 is 3.23. The molecule has 5 nitrogen and oxygen atoms in total. The van der Waals surface area contributed by atoms with Gasteiger partial charge in [-0.2, -0.15) is 9.57 Å². The Labute approximate surface area is 115 Å². The van der Waals surface area contributed by atoms with E-state index in [1.54, 1.807) is 13.0 Å². The number of nitrogens with zero attached hydrogens (tertiary/aromatic N) is 2. The zero-order valence-electron chi connectivity index (χ0n) is 10.1. The van der Waals surface area contributed by atoms with Gasteiger partial charge in [0.2, 0.25) is 10.0 Å². The van der Waals surface area contributed by atoms with E-state index in [0.29, 0.717) is 15.7 Å². The topological polar surface area (TPSA) is 87.2 Å². The summed E-state index contributed by atoms with van der Waals surface area (Å²) in [7, 11) is -2.17. The van der Waals surface area contributed by atoms with Crippen LogP contribution in [0.4, 0.5) is 5.69 Å². The fraction of sp³-hybridized carbons (Fsp3) is 0.364. The van der Waals surface area contributed by atoms with Gasteiger partial charge in [0.15, 0.2) is 0 Å². The van der Waals surface area contributed by atoms with Crippen molar-refractivity contribution in [3.05, 3.63) is 22.2 Å². The van der Waals surface area contributed by atoms with Gasteiger partial charge >= 0.3 is 0 Å². The minimum Gasteiger partial charge on any atom is -0.398 e. The number of nitrogen functional groups attached to an aromatic ring is 1. The van der Waals surface area contributed by atoms with Crippen molar-refractivity contribution in [3.63, 3.8) is 0 Å². The molecule has 0 spiro atoms. The summed E-state index contributed by atoms with van der Waals surface area (Å²) < 4.78 is 26.4. The van der Waals surface area contributed by atoms with Crippen LogP contribution in [0.1, 0.15) is 12.0 Å². The van der Waals surface area contributed by atoms with Gasteiger partial charge in [0.05, 0.1) is 11.0 Å². The number of nitrogens with two attached hydrogens (primary N) is 1. The van der Waals surface area contributed by atoms with Crippen LogP contribution in [-0.4, -0.2) is 26.3 Å². The Bertz CT molecular complexity index is 593. The van der Waals surface area contributed by atoms with Crippen molar-refractivity contribution in [3.8, 4) is 6.07 Å². The lowest BCUT2D eigenvalue weighted by Crippen LogP contribution is -2.28. The van der Waals surface area contributed by atoms with Gasteiger partial charge in [-0.05, 0) is 24.6 Å². The van der Waals surface area contributed by atoms with E-state index in [0.717, 1.165) is 4.31 Å². The number of rotatable bonds is 4. The third kappa shape index (κ3) is 3.02. The highest BCUT2D eigenvalue weighted by Gasteiger charge is 2.23. The molecule has 1 aromatic carbocycles. The van der Waals surface area contributed by atoms with Crippen LogP contribution in [0.25, 0.3) is 0 Å². The lowest BCUT2D eigenvalue weighted by molar-refractivity contribution is 0.476. The first kappa shape index (κ1) is 15.0. The summed E-state index contributed by atoms with van der Waals surface area (Å²) in [5, 5.41) is 8.50. The van der Waals surface area contributed by atoms with Crippen molar-refractivity contribution in [2.45, 2.75) is 18.2 Å². The second kappa shape index (κ2) is 5.69.